The zero-order valence-corrected chi connectivity index (χ0v) is 18.0. The maximum atomic E-state index is 5.26. The summed E-state index contributed by atoms with van der Waals surface area (Å²) < 4.78 is 0. The summed E-state index contributed by atoms with van der Waals surface area (Å²) in [6.07, 6.45) is 0. The number of aromatic nitrogens is 2. The lowest BCUT2D eigenvalue weighted by Crippen LogP contribution is -2.26. The molecule has 0 amide bonds. The number of hydrogen-bond acceptors (Lipinski definition) is 2. The predicted octanol–water partition coefficient (Wildman–Crippen LogP) is 4.93. The van der Waals surface area contributed by atoms with Gasteiger partial charge in [-0.1, -0.05) is 60.7 Å². The van der Waals surface area contributed by atoms with Crippen LogP contribution in [0.25, 0.3) is 11.0 Å². The number of aryl methyl sites for hydroxylation is 3. The maximum absolute atomic E-state index is 5.26. The molecule has 140 valence electrons. The first kappa shape index (κ1) is 18.8. The van der Waals surface area contributed by atoms with Crippen LogP contribution in [0.2, 0.25) is 0 Å². The fourth-order valence-corrected chi connectivity index (χ4v) is 6.01. The molecule has 0 atom stereocenters. The van der Waals surface area contributed by atoms with E-state index in [4.69, 9.17) is 9.97 Å². The van der Waals surface area contributed by atoms with E-state index in [1.54, 1.807) is 0 Å². The molecule has 3 aromatic carbocycles. The molecule has 0 spiro atoms. The molecule has 0 radical (unpaired) electrons. The summed E-state index contributed by atoms with van der Waals surface area (Å²) in [6, 6.07) is 21.4. The highest BCUT2D eigenvalue weighted by molar-refractivity contribution is 7.79. The van der Waals surface area contributed by atoms with Crippen LogP contribution in [-0.4, -0.2) is 9.97 Å². The molecule has 2 nitrogen and oxygen atoms in total. The van der Waals surface area contributed by atoms with Gasteiger partial charge in [0.25, 0.3) is 0 Å². The summed E-state index contributed by atoms with van der Waals surface area (Å²) in [5.41, 5.74) is 9.32. The van der Waals surface area contributed by atoms with E-state index < -0.39 is 7.92 Å². The van der Waals surface area contributed by atoms with Crippen LogP contribution in [0.1, 0.15) is 27.9 Å². The molecule has 4 aromatic rings. The lowest BCUT2D eigenvalue weighted by atomic mass is 9.97. The first-order valence-corrected chi connectivity index (χ1v) is 11.0. The molecule has 28 heavy (non-hydrogen) atoms. The predicted molar refractivity (Wildman–Crippen MR) is 122 cm³/mol. The maximum Gasteiger partial charge on any atom is 0.0939 e. The summed E-state index contributed by atoms with van der Waals surface area (Å²) in [4.78, 5) is 10.3. The van der Waals surface area contributed by atoms with Crippen LogP contribution in [0.3, 0.4) is 0 Å². The normalized spacial score (nSPS) is 11.4. The molecule has 0 aliphatic heterocycles. The fourth-order valence-electron chi connectivity index (χ4n) is 3.71. The molecule has 0 N–H and O–H groups in total. The summed E-state index contributed by atoms with van der Waals surface area (Å²) in [5, 5.41) is 2.61. The Hall–Kier alpha value is -2.57. The van der Waals surface area contributed by atoms with E-state index in [9.17, 15) is 0 Å². The molecular weight excluding hydrogens is 359 g/mol. The summed E-state index contributed by atoms with van der Waals surface area (Å²) in [6.45, 7) is 10.8. The zero-order chi connectivity index (χ0) is 19.8. The summed E-state index contributed by atoms with van der Waals surface area (Å²) in [7, 11) is -0.753. The highest BCUT2D eigenvalue weighted by atomic mass is 31.1. The molecule has 4 rings (SSSR count). The number of benzene rings is 3. The quantitative estimate of drug-likeness (QED) is 0.468. The van der Waals surface area contributed by atoms with Crippen LogP contribution in [-0.2, 0) is 0 Å². The van der Waals surface area contributed by atoms with Gasteiger partial charge in [-0.3, -0.25) is 0 Å². The standard InChI is InChI=1S/C25H25N2P/c1-16-17(2)19(4)24-23(18(16)3)26-20(5)25(27-24)28(21-12-8-6-9-13-21)22-14-10-7-11-15-22/h6-15H,1-5H3. The minimum atomic E-state index is -0.753. The highest BCUT2D eigenvalue weighted by Gasteiger charge is 2.22. The monoisotopic (exact) mass is 384 g/mol. The Kier molecular flexibility index (Phi) is 5.00. The van der Waals surface area contributed by atoms with E-state index in [1.807, 2.05) is 0 Å². The van der Waals surface area contributed by atoms with Crippen molar-refractivity contribution in [1.29, 1.82) is 0 Å². The van der Waals surface area contributed by atoms with Crippen LogP contribution in [0.15, 0.2) is 60.7 Å². The molecule has 0 saturated carbocycles. The van der Waals surface area contributed by atoms with Gasteiger partial charge in [0, 0.05) is 7.92 Å². The van der Waals surface area contributed by atoms with E-state index in [0.29, 0.717) is 0 Å². The van der Waals surface area contributed by atoms with Crippen molar-refractivity contribution in [2.24, 2.45) is 0 Å². The second-order valence-electron chi connectivity index (χ2n) is 7.34. The molecule has 0 fully saturated rings. The summed E-state index contributed by atoms with van der Waals surface area (Å²) >= 11 is 0. The molecule has 0 aliphatic rings. The minimum Gasteiger partial charge on any atom is -0.249 e. The topological polar surface area (TPSA) is 25.8 Å². The van der Waals surface area contributed by atoms with Crippen LogP contribution >= 0.6 is 7.92 Å². The van der Waals surface area contributed by atoms with Gasteiger partial charge in [0.15, 0.2) is 0 Å². The Bertz CT molecular complexity index is 1110. The molecular formula is C25H25N2P. The van der Waals surface area contributed by atoms with Gasteiger partial charge in [-0.05, 0) is 67.5 Å². The lowest BCUT2D eigenvalue weighted by Gasteiger charge is -2.21. The highest BCUT2D eigenvalue weighted by Crippen LogP contribution is 2.34. The largest absolute Gasteiger partial charge is 0.249 e. The molecule has 1 aromatic heterocycles. The van der Waals surface area contributed by atoms with Crippen molar-refractivity contribution in [2.45, 2.75) is 34.6 Å². The van der Waals surface area contributed by atoms with Crippen molar-refractivity contribution in [3.8, 4) is 0 Å². The van der Waals surface area contributed by atoms with Crippen LogP contribution in [0.4, 0.5) is 0 Å². The molecule has 0 bridgehead atoms. The third-order valence-electron chi connectivity index (χ3n) is 5.68. The van der Waals surface area contributed by atoms with E-state index in [2.05, 4.69) is 95.3 Å². The number of nitrogens with zero attached hydrogens (tertiary/aromatic N) is 2. The van der Waals surface area contributed by atoms with Gasteiger partial charge < -0.3 is 0 Å². The molecule has 0 unspecified atom stereocenters. The smallest absolute Gasteiger partial charge is 0.0939 e. The van der Waals surface area contributed by atoms with Gasteiger partial charge in [-0.15, -0.1) is 0 Å². The number of fused-ring (bicyclic) bond motifs is 1. The van der Waals surface area contributed by atoms with Gasteiger partial charge in [-0.25, -0.2) is 9.97 Å². The van der Waals surface area contributed by atoms with E-state index >= 15 is 0 Å². The van der Waals surface area contributed by atoms with Gasteiger partial charge in [0.05, 0.1) is 22.2 Å². The van der Waals surface area contributed by atoms with Gasteiger partial charge in [0.2, 0.25) is 0 Å². The zero-order valence-electron chi connectivity index (χ0n) is 17.1. The van der Waals surface area contributed by atoms with Crippen molar-refractivity contribution in [3.05, 3.63) is 88.6 Å². The van der Waals surface area contributed by atoms with Gasteiger partial charge >= 0.3 is 0 Å². The molecule has 3 heteroatoms. The molecule has 0 aliphatic carbocycles. The number of hydrogen-bond donors (Lipinski definition) is 0. The van der Waals surface area contributed by atoms with Gasteiger partial charge in [-0.2, -0.15) is 0 Å². The van der Waals surface area contributed by atoms with Gasteiger partial charge in [0.1, 0.15) is 0 Å². The average Bonchev–Trinajstić information content (AvgIpc) is 2.73. The fraction of sp³-hybridized carbons (Fsp3) is 0.200. The number of rotatable bonds is 3. The van der Waals surface area contributed by atoms with Crippen molar-refractivity contribution in [2.75, 3.05) is 0 Å². The summed E-state index contributed by atoms with van der Waals surface area (Å²) in [5.74, 6) is 0. The second-order valence-corrected chi connectivity index (χ2v) is 9.46. The Morgan fingerprint density at radius 3 is 1.43 bits per heavy atom. The lowest BCUT2D eigenvalue weighted by molar-refractivity contribution is 1.16. The Labute approximate surface area is 168 Å². The third kappa shape index (κ3) is 3.12. The van der Waals surface area contributed by atoms with Crippen molar-refractivity contribution < 1.29 is 0 Å². The first-order chi connectivity index (χ1) is 13.5. The van der Waals surface area contributed by atoms with E-state index in [-0.39, 0.29) is 0 Å². The molecule has 1 heterocycles. The van der Waals surface area contributed by atoms with Crippen LogP contribution < -0.4 is 16.0 Å². The van der Waals surface area contributed by atoms with E-state index in [0.717, 1.165) is 22.2 Å². The Morgan fingerprint density at radius 2 is 0.964 bits per heavy atom. The minimum absolute atomic E-state index is 0.753. The third-order valence-corrected chi connectivity index (χ3v) is 8.16. The van der Waals surface area contributed by atoms with Crippen molar-refractivity contribution in [1.82, 2.24) is 9.97 Å². The molecule has 0 saturated heterocycles. The second kappa shape index (κ2) is 7.45. The average molecular weight is 384 g/mol. The Balaban J connectivity index is 2.03. The van der Waals surface area contributed by atoms with Crippen molar-refractivity contribution >= 4 is 35.0 Å². The Morgan fingerprint density at radius 1 is 0.536 bits per heavy atom. The SMILES string of the molecule is Cc1nc2c(C)c(C)c(C)c(C)c2nc1P(c1ccccc1)c1ccccc1. The first-order valence-electron chi connectivity index (χ1n) is 9.64. The van der Waals surface area contributed by atoms with Crippen molar-refractivity contribution in [3.63, 3.8) is 0 Å². The van der Waals surface area contributed by atoms with Crippen LogP contribution in [0, 0.1) is 34.6 Å². The van der Waals surface area contributed by atoms with E-state index in [1.165, 1.54) is 32.9 Å². The van der Waals surface area contributed by atoms with Crippen LogP contribution in [0.5, 0.6) is 0 Å².